The number of aromatic nitrogens is 3. The van der Waals surface area contributed by atoms with Gasteiger partial charge in [0.25, 0.3) is 0 Å². The van der Waals surface area contributed by atoms with Crippen molar-refractivity contribution < 1.29 is 5.11 Å². The number of aromatic hydroxyl groups is 1. The predicted octanol–water partition coefficient (Wildman–Crippen LogP) is 4.52. The number of phenols is 1. The lowest BCUT2D eigenvalue weighted by Gasteiger charge is -2.09. The van der Waals surface area contributed by atoms with E-state index in [2.05, 4.69) is 15.5 Å². The van der Waals surface area contributed by atoms with Crippen molar-refractivity contribution in [1.82, 2.24) is 15.0 Å². The van der Waals surface area contributed by atoms with Gasteiger partial charge < -0.3 is 10.4 Å². The van der Waals surface area contributed by atoms with Crippen molar-refractivity contribution in [3.8, 4) is 11.4 Å². The van der Waals surface area contributed by atoms with Crippen LogP contribution in [0, 0.1) is 0 Å². The second-order valence-corrected chi connectivity index (χ2v) is 5.75. The van der Waals surface area contributed by atoms with Gasteiger partial charge in [0.1, 0.15) is 22.5 Å². The minimum atomic E-state index is 0.0855. The molecule has 0 spiro atoms. The van der Waals surface area contributed by atoms with Crippen LogP contribution in [0.1, 0.15) is 0 Å². The average molecular weight is 337 g/mol. The summed E-state index contributed by atoms with van der Waals surface area (Å²) in [5, 5.41) is 22.9. The van der Waals surface area contributed by atoms with Crippen LogP contribution >= 0.6 is 11.6 Å². The lowest BCUT2D eigenvalue weighted by molar-refractivity contribution is 0.468. The van der Waals surface area contributed by atoms with Crippen molar-refractivity contribution in [1.29, 1.82) is 0 Å². The molecule has 0 radical (unpaired) electrons. The first-order chi connectivity index (χ1) is 11.7. The number of hydrogen-bond acceptors (Lipinski definition) is 4. The normalized spacial score (nSPS) is 10.9. The second kappa shape index (κ2) is 5.86. The van der Waals surface area contributed by atoms with Crippen LogP contribution in [-0.2, 0) is 0 Å². The summed E-state index contributed by atoms with van der Waals surface area (Å²) in [4.78, 5) is 1.41. The summed E-state index contributed by atoms with van der Waals surface area (Å²) < 4.78 is 0. The van der Waals surface area contributed by atoms with Crippen LogP contribution in [0.15, 0.2) is 66.7 Å². The van der Waals surface area contributed by atoms with Gasteiger partial charge in [-0.25, -0.2) is 0 Å². The molecule has 0 fully saturated rings. The maximum atomic E-state index is 10.3. The van der Waals surface area contributed by atoms with E-state index in [1.165, 1.54) is 4.80 Å². The SMILES string of the molecule is Oc1cc(Nc2ccccc2)ccc1-n1nc2ccc(Cl)cc2n1. The number of rotatable bonds is 3. The average Bonchev–Trinajstić information content (AvgIpc) is 2.98. The Labute approximate surface area is 143 Å². The van der Waals surface area contributed by atoms with E-state index in [9.17, 15) is 5.11 Å². The molecule has 0 atom stereocenters. The summed E-state index contributed by atoms with van der Waals surface area (Å²) in [7, 11) is 0. The maximum absolute atomic E-state index is 10.3. The standard InChI is InChI=1S/C18H13ClN4O/c19-12-6-8-15-16(10-12)22-23(21-15)17-9-7-14(11-18(17)24)20-13-4-2-1-3-5-13/h1-11,20,24H. The molecule has 0 bridgehead atoms. The highest BCUT2D eigenvalue weighted by Crippen LogP contribution is 2.27. The number of nitrogens with zero attached hydrogens (tertiary/aromatic N) is 3. The van der Waals surface area contributed by atoms with Gasteiger partial charge in [0, 0.05) is 22.5 Å². The zero-order valence-electron chi connectivity index (χ0n) is 12.5. The molecule has 0 aliphatic heterocycles. The second-order valence-electron chi connectivity index (χ2n) is 5.32. The van der Waals surface area contributed by atoms with E-state index in [1.807, 2.05) is 36.4 Å². The maximum Gasteiger partial charge on any atom is 0.145 e. The molecule has 6 heteroatoms. The van der Waals surface area contributed by atoms with Gasteiger partial charge in [0.15, 0.2) is 0 Å². The van der Waals surface area contributed by atoms with Gasteiger partial charge in [-0.3, -0.25) is 0 Å². The van der Waals surface area contributed by atoms with Gasteiger partial charge in [0.2, 0.25) is 0 Å². The quantitative estimate of drug-likeness (QED) is 0.577. The van der Waals surface area contributed by atoms with Crippen molar-refractivity contribution in [3.05, 3.63) is 71.8 Å². The van der Waals surface area contributed by atoms with Crippen LogP contribution in [0.4, 0.5) is 11.4 Å². The molecule has 0 saturated heterocycles. The number of benzene rings is 3. The highest BCUT2D eigenvalue weighted by atomic mass is 35.5. The molecule has 4 rings (SSSR count). The van der Waals surface area contributed by atoms with E-state index in [-0.39, 0.29) is 5.75 Å². The lowest BCUT2D eigenvalue weighted by atomic mass is 10.2. The van der Waals surface area contributed by atoms with Crippen LogP contribution < -0.4 is 5.32 Å². The zero-order valence-corrected chi connectivity index (χ0v) is 13.3. The number of para-hydroxylation sites is 1. The molecule has 24 heavy (non-hydrogen) atoms. The van der Waals surface area contributed by atoms with Gasteiger partial charge in [0.05, 0.1) is 0 Å². The Bertz CT molecular complexity index is 1010. The summed E-state index contributed by atoms with van der Waals surface area (Å²) in [6, 6.07) is 20.3. The third-order valence-corrected chi connectivity index (χ3v) is 3.83. The molecular weight excluding hydrogens is 324 g/mol. The van der Waals surface area contributed by atoms with Crippen LogP contribution in [0.25, 0.3) is 16.7 Å². The zero-order chi connectivity index (χ0) is 16.5. The molecule has 1 aromatic heterocycles. The van der Waals surface area contributed by atoms with Gasteiger partial charge in [-0.2, -0.15) is 0 Å². The number of nitrogens with one attached hydrogen (secondary N) is 1. The first-order valence-corrected chi connectivity index (χ1v) is 7.75. The molecule has 3 aromatic carbocycles. The molecule has 0 aliphatic rings. The van der Waals surface area contributed by atoms with Crippen LogP contribution in [0.3, 0.4) is 0 Å². The predicted molar refractivity (Wildman–Crippen MR) is 95.3 cm³/mol. The van der Waals surface area contributed by atoms with E-state index in [4.69, 9.17) is 11.6 Å². The highest BCUT2D eigenvalue weighted by molar-refractivity contribution is 6.31. The lowest BCUT2D eigenvalue weighted by Crippen LogP contribution is -1.99. The molecule has 2 N–H and O–H groups in total. The fourth-order valence-electron chi connectivity index (χ4n) is 2.45. The number of hydrogen-bond donors (Lipinski definition) is 2. The fraction of sp³-hybridized carbons (Fsp3) is 0. The number of phenolic OH excluding ortho intramolecular Hbond substituents is 1. The molecule has 5 nitrogen and oxygen atoms in total. The highest BCUT2D eigenvalue weighted by Gasteiger charge is 2.10. The Morgan fingerprint density at radius 2 is 1.62 bits per heavy atom. The Morgan fingerprint density at radius 1 is 0.833 bits per heavy atom. The fourth-order valence-corrected chi connectivity index (χ4v) is 2.62. The van der Waals surface area contributed by atoms with Gasteiger partial charge in [-0.1, -0.05) is 29.8 Å². The van der Waals surface area contributed by atoms with E-state index >= 15 is 0 Å². The Hall–Kier alpha value is -3.05. The first-order valence-electron chi connectivity index (χ1n) is 7.37. The van der Waals surface area contributed by atoms with E-state index < -0.39 is 0 Å². The molecule has 0 unspecified atom stereocenters. The number of anilines is 2. The number of fused-ring (bicyclic) bond motifs is 1. The minimum Gasteiger partial charge on any atom is -0.506 e. The third kappa shape index (κ3) is 2.77. The largest absolute Gasteiger partial charge is 0.506 e. The van der Waals surface area contributed by atoms with Crippen molar-refractivity contribution >= 4 is 34.0 Å². The Morgan fingerprint density at radius 3 is 2.42 bits per heavy atom. The van der Waals surface area contributed by atoms with Gasteiger partial charge in [-0.15, -0.1) is 15.0 Å². The van der Waals surface area contributed by atoms with E-state index in [0.717, 1.165) is 11.4 Å². The summed E-state index contributed by atoms with van der Waals surface area (Å²) in [5.74, 6) is 0.0855. The van der Waals surface area contributed by atoms with Crippen LogP contribution in [0.2, 0.25) is 5.02 Å². The van der Waals surface area contributed by atoms with Gasteiger partial charge >= 0.3 is 0 Å². The molecule has 4 aromatic rings. The van der Waals surface area contributed by atoms with E-state index in [0.29, 0.717) is 21.7 Å². The van der Waals surface area contributed by atoms with Crippen molar-refractivity contribution in [2.75, 3.05) is 5.32 Å². The van der Waals surface area contributed by atoms with Crippen molar-refractivity contribution in [3.63, 3.8) is 0 Å². The minimum absolute atomic E-state index is 0.0855. The van der Waals surface area contributed by atoms with Crippen LogP contribution in [0.5, 0.6) is 5.75 Å². The van der Waals surface area contributed by atoms with Crippen LogP contribution in [-0.4, -0.2) is 20.1 Å². The molecule has 118 valence electrons. The Kier molecular flexibility index (Phi) is 3.55. The number of halogens is 1. The molecule has 0 saturated carbocycles. The first kappa shape index (κ1) is 14.5. The summed E-state index contributed by atoms with van der Waals surface area (Å²) in [6.07, 6.45) is 0. The van der Waals surface area contributed by atoms with Gasteiger partial charge in [-0.05, 0) is 42.5 Å². The summed E-state index contributed by atoms with van der Waals surface area (Å²) in [6.45, 7) is 0. The van der Waals surface area contributed by atoms with E-state index in [1.54, 1.807) is 30.3 Å². The molecule has 0 amide bonds. The Balaban J connectivity index is 1.68. The summed E-state index contributed by atoms with van der Waals surface area (Å²) in [5.41, 5.74) is 3.61. The monoisotopic (exact) mass is 336 g/mol. The topological polar surface area (TPSA) is 63.0 Å². The smallest absolute Gasteiger partial charge is 0.145 e. The molecule has 0 aliphatic carbocycles. The summed E-state index contributed by atoms with van der Waals surface area (Å²) >= 11 is 5.97. The molecule has 1 heterocycles. The van der Waals surface area contributed by atoms with Crippen molar-refractivity contribution in [2.24, 2.45) is 0 Å². The van der Waals surface area contributed by atoms with Crippen molar-refractivity contribution in [2.45, 2.75) is 0 Å². The molecular formula is C18H13ClN4O. The third-order valence-electron chi connectivity index (χ3n) is 3.60.